The quantitative estimate of drug-likeness (QED) is 0.174. The van der Waals surface area contributed by atoms with E-state index in [1.54, 1.807) is 44.5 Å². The summed E-state index contributed by atoms with van der Waals surface area (Å²) in [4.78, 5) is 23.0. The number of anilines is 2. The Labute approximate surface area is 279 Å². The number of amides is 1. The molecular weight excluding hydrogens is 646 g/mol. The Balaban J connectivity index is 1.64. The zero-order chi connectivity index (χ0) is 33.8. The minimum Gasteiger partial charge on any atom is -0.465 e. The number of benzene rings is 1. The molecule has 1 aliphatic rings. The molecule has 0 spiro atoms. The van der Waals surface area contributed by atoms with Gasteiger partial charge in [-0.3, -0.25) is 4.98 Å². The van der Waals surface area contributed by atoms with Crippen molar-refractivity contribution in [3.8, 4) is 11.5 Å². The van der Waals surface area contributed by atoms with Crippen molar-refractivity contribution >= 4 is 39.4 Å². The van der Waals surface area contributed by atoms with E-state index in [0.717, 1.165) is 22.5 Å². The van der Waals surface area contributed by atoms with Gasteiger partial charge in [0.25, 0.3) is 0 Å². The molecule has 13 nitrogen and oxygen atoms in total. The van der Waals surface area contributed by atoms with E-state index in [9.17, 15) is 18.3 Å². The van der Waals surface area contributed by atoms with Crippen molar-refractivity contribution in [1.82, 2.24) is 25.5 Å². The molecule has 2 N–H and O–H groups in total. The highest BCUT2D eigenvalue weighted by molar-refractivity contribution is 7.92. The second kappa shape index (κ2) is 14.2. The van der Waals surface area contributed by atoms with Crippen LogP contribution in [0.25, 0.3) is 11.5 Å². The lowest BCUT2D eigenvalue weighted by Gasteiger charge is -2.28. The molecule has 1 aromatic carbocycles. The monoisotopic (exact) mass is 683 g/mol. The van der Waals surface area contributed by atoms with E-state index in [4.69, 9.17) is 25.7 Å². The van der Waals surface area contributed by atoms with Crippen LogP contribution in [0.1, 0.15) is 37.4 Å². The van der Waals surface area contributed by atoms with Crippen LogP contribution in [0.4, 0.5) is 16.4 Å². The molecule has 1 saturated carbocycles. The molecule has 5 rings (SSSR count). The van der Waals surface area contributed by atoms with Crippen LogP contribution < -0.4 is 14.5 Å². The largest absolute Gasteiger partial charge is 0.465 e. The van der Waals surface area contributed by atoms with E-state index in [0.29, 0.717) is 43.0 Å². The maximum absolute atomic E-state index is 13.3. The summed E-state index contributed by atoms with van der Waals surface area (Å²) in [7, 11) is -2.31. The number of rotatable bonds is 15. The summed E-state index contributed by atoms with van der Waals surface area (Å²) >= 11 is 7.00. The zero-order valence-electron chi connectivity index (χ0n) is 26.6. The lowest BCUT2D eigenvalue weighted by molar-refractivity contribution is 0.172. The summed E-state index contributed by atoms with van der Waals surface area (Å²) < 4.78 is 39.2. The van der Waals surface area contributed by atoms with Gasteiger partial charge in [0, 0.05) is 32.8 Å². The van der Waals surface area contributed by atoms with Crippen LogP contribution in [0, 0.1) is 11.8 Å². The summed E-state index contributed by atoms with van der Waals surface area (Å²) in [6.45, 7) is 5.27. The number of carboxylic acid groups (broad SMARTS) is 1. The first-order valence-electron chi connectivity index (χ1n) is 15.1. The maximum atomic E-state index is 13.3. The number of nitrogens with zero attached hydrogens (tertiary/aromatic N) is 6. The van der Waals surface area contributed by atoms with Gasteiger partial charge in [0.1, 0.15) is 11.4 Å². The summed E-state index contributed by atoms with van der Waals surface area (Å²) in [5.74, 6) is 1.37. The second-order valence-corrected chi connectivity index (χ2v) is 14.3. The lowest BCUT2D eigenvalue weighted by atomic mass is 9.93. The number of nitrogens with one attached hydrogen (secondary N) is 1. The predicted octanol–water partition coefficient (Wildman–Crippen LogP) is 4.98. The number of ether oxygens (including phenoxy) is 1. The van der Waals surface area contributed by atoms with Gasteiger partial charge in [0.15, 0.2) is 5.82 Å². The van der Waals surface area contributed by atoms with Crippen LogP contribution in [0.5, 0.6) is 0 Å². The van der Waals surface area contributed by atoms with Crippen molar-refractivity contribution in [2.45, 2.75) is 38.8 Å². The van der Waals surface area contributed by atoms with Crippen LogP contribution in [0.2, 0.25) is 5.02 Å². The number of carbonyl (C=O) groups is 1. The number of pyridine rings is 2. The summed E-state index contributed by atoms with van der Waals surface area (Å²) in [6.07, 6.45) is 2.67. The molecule has 3 atom stereocenters. The van der Waals surface area contributed by atoms with E-state index in [1.165, 1.54) is 0 Å². The van der Waals surface area contributed by atoms with Crippen molar-refractivity contribution in [2.75, 3.05) is 42.3 Å². The topological polar surface area (TPSA) is 164 Å². The smallest absolute Gasteiger partial charge is 0.405 e. The Morgan fingerprint density at radius 1 is 1.19 bits per heavy atom. The Morgan fingerprint density at radius 3 is 2.53 bits per heavy atom. The summed E-state index contributed by atoms with van der Waals surface area (Å²) in [5.41, 5.74) is 0.274. The van der Waals surface area contributed by atoms with Crippen molar-refractivity contribution in [2.24, 2.45) is 11.8 Å². The predicted molar refractivity (Wildman–Crippen MR) is 178 cm³/mol. The normalized spacial score (nSPS) is 17.1. The van der Waals surface area contributed by atoms with Gasteiger partial charge >= 0.3 is 6.09 Å². The van der Waals surface area contributed by atoms with E-state index in [2.05, 4.69) is 27.4 Å². The van der Waals surface area contributed by atoms with E-state index in [-0.39, 0.29) is 41.2 Å². The first-order valence-corrected chi connectivity index (χ1v) is 17.3. The third-order valence-corrected chi connectivity index (χ3v) is 9.60. The molecule has 0 bridgehead atoms. The van der Waals surface area contributed by atoms with Gasteiger partial charge < -0.3 is 24.5 Å². The summed E-state index contributed by atoms with van der Waals surface area (Å²) in [5, 5.41) is 20.7. The van der Waals surface area contributed by atoms with E-state index < -0.39 is 21.7 Å². The highest BCUT2D eigenvalue weighted by Gasteiger charge is 2.37. The van der Waals surface area contributed by atoms with Crippen molar-refractivity contribution in [3.63, 3.8) is 0 Å². The third-order valence-electron chi connectivity index (χ3n) is 8.13. The van der Waals surface area contributed by atoms with Crippen LogP contribution in [0.3, 0.4) is 0 Å². The van der Waals surface area contributed by atoms with Crippen molar-refractivity contribution in [3.05, 3.63) is 83.0 Å². The van der Waals surface area contributed by atoms with Crippen molar-refractivity contribution < 1.29 is 27.5 Å². The molecule has 3 aromatic heterocycles. The molecule has 0 radical (unpaired) electrons. The van der Waals surface area contributed by atoms with Crippen LogP contribution in [0.15, 0.2) is 65.2 Å². The highest BCUT2D eigenvalue weighted by atomic mass is 35.5. The van der Waals surface area contributed by atoms with Gasteiger partial charge in [0.05, 0.1) is 35.7 Å². The summed E-state index contributed by atoms with van der Waals surface area (Å²) in [6, 6.07) is 16.2. The number of halogens is 1. The Kier molecular flexibility index (Phi) is 10.3. The lowest BCUT2D eigenvalue weighted by Crippen LogP contribution is -2.44. The minimum atomic E-state index is -3.92. The van der Waals surface area contributed by atoms with Crippen molar-refractivity contribution in [1.29, 1.82) is 0 Å². The van der Waals surface area contributed by atoms with Gasteiger partial charge in [-0.15, -0.1) is 10.2 Å². The molecule has 0 aliphatic heterocycles. The van der Waals surface area contributed by atoms with Gasteiger partial charge in [0.2, 0.25) is 21.8 Å². The number of hydrogen-bond acceptors (Lipinski definition) is 10. The van der Waals surface area contributed by atoms with E-state index >= 15 is 0 Å². The Morgan fingerprint density at radius 2 is 1.91 bits per heavy atom. The first-order chi connectivity index (χ1) is 22.4. The average Bonchev–Trinajstić information content (AvgIpc) is 3.49. The molecule has 15 heteroatoms. The molecule has 1 amide bonds. The number of aromatic nitrogens is 4. The molecule has 2 unspecified atom stereocenters. The third kappa shape index (κ3) is 8.37. The van der Waals surface area contributed by atoms with E-state index in [1.807, 2.05) is 35.2 Å². The standard InChI is InChI=1S/C32H38ClN7O6S/c1-21-16-23(21)19-39(14-15-45-3)26-17-25(27(33)28(35-26)40(47(4,43)44)20-24-12-8-9-13-34-24)29-37-38-30(46-29)32(2,36-31(41)42)18-22-10-6-5-7-11-22/h5-13,17,21,23,36H,14-16,18-20H2,1-4H3,(H,41,42)/t21?,23?,32-/m1/s1. The fourth-order valence-corrected chi connectivity index (χ4v) is 6.52. The maximum Gasteiger partial charge on any atom is 0.405 e. The number of methoxy groups -OCH3 is 1. The SMILES string of the molecule is COCCN(CC1CC1C)c1cc(-c2nnc([C@@](C)(Cc3ccccc3)NC(=O)O)o2)c(Cl)c(N(Cc2ccccn2)S(C)(=O)=O)n1. The van der Waals surface area contributed by atoms with Gasteiger partial charge in [-0.25, -0.2) is 22.5 Å². The fraction of sp³-hybridized carbons (Fsp3) is 0.406. The molecule has 1 fully saturated rings. The van der Waals surface area contributed by atoms with Crippen LogP contribution >= 0.6 is 11.6 Å². The minimum absolute atomic E-state index is 0.00577. The van der Waals surface area contributed by atoms with Crippen LogP contribution in [-0.2, 0) is 33.3 Å². The van der Waals surface area contributed by atoms with Gasteiger partial charge in [-0.1, -0.05) is 54.9 Å². The Hall–Kier alpha value is -4.27. The molecule has 1 aliphatic carbocycles. The molecule has 250 valence electrons. The average molecular weight is 684 g/mol. The first kappa shape index (κ1) is 34.1. The number of sulfonamides is 1. The highest BCUT2D eigenvalue weighted by Crippen LogP contribution is 2.42. The number of hydrogen-bond donors (Lipinski definition) is 2. The van der Waals surface area contributed by atoms with Gasteiger partial charge in [-0.05, 0) is 48.9 Å². The Bertz CT molecular complexity index is 1790. The zero-order valence-corrected chi connectivity index (χ0v) is 28.2. The molecule has 47 heavy (non-hydrogen) atoms. The molecular formula is C32H38ClN7O6S. The van der Waals surface area contributed by atoms with Gasteiger partial charge in [-0.2, -0.15) is 0 Å². The molecule has 0 saturated heterocycles. The van der Waals surface area contributed by atoms with Crippen LogP contribution in [-0.4, -0.2) is 72.8 Å². The second-order valence-electron chi connectivity index (χ2n) is 12.0. The molecule has 3 heterocycles. The molecule has 4 aromatic rings. The fourth-order valence-electron chi connectivity index (χ4n) is 5.38.